The molecule has 1 aromatic heterocycles. The van der Waals surface area contributed by atoms with E-state index < -0.39 is 0 Å². The molecular formula is C20H22N2O4S. The fourth-order valence-electron chi connectivity index (χ4n) is 2.81. The van der Waals surface area contributed by atoms with Crippen molar-refractivity contribution in [3.05, 3.63) is 52.4 Å². The van der Waals surface area contributed by atoms with Crippen LogP contribution in [0.2, 0.25) is 0 Å². The Balaban J connectivity index is 1.93. The van der Waals surface area contributed by atoms with Crippen LogP contribution in [0.1, 0.15) is 18.7 Å². The molecule has 0 aliphatic carbocycles. The van der Waals surface area contributed by atoms with Crippen LogP contribution >= 0.6 is 11.3 Å². The number of amides is 2. The number of methoxy groups -OCH3 is 1. The fourth-order valence-corrected chi connectivity index (χ4v) is 3.57. The second-order valence-electron chi connectivity index (χ2n) is 6.23. The number of hydrogen-bond donors (Lipinski definition) is 1. The van der Waals surface area contributed by atoms with E-state index in [1.54, 1.807) is 19.2 Å². The van der Waals surface area contributed by atoms with Crippen LogP contribution in [0.25, 0.3) is 5.57 Å². The molecule has 0 fully saturated rings. The molecule has 0 radical (unpaired) electrons. The van der Waals surface area contributed by atoms with Crippen LogP contribution in [0.3, 0.4) is 0 Å². The zero-order valence-corrected chi connectivity index (χ0v) is 16.3. The number of ether oxygens (including phenoxy) is 2. The van der Waals surface area contributed by atoms with E-state index in [1.165, 1.54) is 16.2 Å². The number of carbonyl (C=O) groups excluding carboxylic acids is 2. The summed E-state index contributed by atoms with van der Waals surface area (Å²) in [6, 6.07) is 11.0. The standard InChI is InChI=1S/C20H22N2O4S/c1-13(2)26-11-10-22-19(23)17(16-9-6-12-27-16)18(20(22)24)21-14-7-4-5-8-15(14)25-3/h4-9,12-13,21H,10-11H2,1-3H3. The molecule has 0 spiro atoms. The Hall–Kier alpha value is -2.64. The predicted molar refractivity (Wildman–Crippen MR) is 106 cm³/mol. The van der Waals surface area contributed by atoms with E-state index in [1.807, 2.05) is 43.5 Å². The highest BCUT2D eigenvalue weighted by Gasteiger charge is 2.39. The molecule has 0 unspecified atom stereocenters. The summed E-state index contributed by atoms with van der Waals surface area (Å²) >= 11 is 1.42. The molecule has 6 nitrogen and oxygen atoms in total. The molecule has 3 rings (SSSR count). The van der Waals surface area contributed by atoms with Gasteiger partial charge >= 0.3 is 0 Å². The first-order chi connectivity index (χ1) is 13.0. The van der Waals surface area contributed by atoms with Gasteiger partial charge in [0.25, 0.3) is 11.8 Å². The molecule has 0 atom stereocenters. The Kier molecular flexibility index (Phi) is 5.93. The molecule has 1 aliphatic rings. The second-order valence-corrected chi connectivity index (χ2v) is 7.18. The summed E-state index contributed by atoms with van der Waals surface area (Å²) in [6.45, 7) is 4.34. The maximum absolute atomic E-state index is 13.0. The van der Waals surface area contributed by atoms with Crippen LogP contribution in [-0.4, -0.2) is 43.1 Å². The Morgan fingerprint density at radius 3 is 2.56 bits per heavy atom. The van der Waals surface area contributed by atoms with Crippen LogP contribution in [0.15, 0.2) is 47.5 Å². The number of carbonyl (C=O) groups is 2. The fraction of sp³-hybridized carbons (Fsp3) is 0.300. The van der Waals surface area contributed by atoms with Crippen molar-refractivity contribution >= 4 is 34.4 Å². The molecule has 2 aromatic rings. The van der Waals surface area contributed by atoms with Crippen molar-refractivity contribution in [2.75, 3.05) is 25.6 Å². The normalized spacial score (nSPS) is 14.4. The SMILES string of the molecule is COc1ccccc1NC1=C(c2cccs2)C(=O)N(CCOC(C)C)C1=O. The number of benzene rings is 1. The van der Waals surface area contributed by atoms with E-state index in [0.717, 1.165) is 4.88 Å². The number of thiophene rings is 1. The van der Waals surface area contributed by atoms with Crippen molar-refractivity contribution in [1.29, 1.82) is 0 Å². The number of hydrogen-bond acceptors (Lipinski definition) is 6. The topological polar surface area (TPSA) is 67.9 Å². The van der Waals surface area contributed by atoms with Gasteiger partial charge < -0.3 is 14.8 Å². The molecule has 0 saturated carbocycles. The van der Waals surface area contributed by atoms with E-state index in [2.05, 4.69) is 5.32 Å². The smallest absolute Gasteiger partial charge is 0.278 e. The molecule has 1 aromatic carbocycles. The molecule has 2 heterocycles. The molecular weight excluding hydrogens is 364 g/mol. The van der Waals surface area contributed by atoms with Gasteiger partial charge in [-0.15, -0.1) is 11.3 Å². The number of nitrogens with one attached hydrogen (secondary N) is 1. The van der Waals surface area contributed by atoms with Crippen molar-refractivity contribution in [3.63, 3.8) is 0 Å². The monoisotopic (exact) mass is 386 g/mol. The van der Waals surface area contributed by atoms with E-state index in [4.69, 9.17) is 9.47 Å². The lowest BCUT2D eigenvalue weighted by molar-refractivity contribution is -0.137. The molecule has 27 heavy (non-hydrogen) atoms. The third kappa shape index (κ3) is 4.04. The third-order valence-electron chi connectivity index (χ3n) is 4.07. The second kappa shape index (κ2) is 8.37. The number of imide groups is 1. The Bertz CT molecular complexity index is 859. The summed E-state index contributed by atoms with van der Waals surface area (Å²) in [7, 11) is 1.56. The van der Waals surface area contributed by atoms with E-state index >= 15 is 0 Å². The first kappa shape index (κ1) is 19.1. The molecule has 1 N–H and O–H groups in total. The lowest BCUT2D eigenvalue weighted by Gasteiger charge is -2.16. The highest BCUT2D eigenvalue weighted by atomic mass is 32.1. The Morgan fingerprint density at radius 1 is 1.11 bits per heavy atom. The van der Waals surface area contributed by atoms with Gasteiger partial charge in [-0.25, -0.2) is 0 Å². The average molecular weight is 386 g/mol. The first-order valence-corrected chi connectivity index (χ1v) is 9.57. The summed E-state index contributed by atoms with van der Waals surface area (Å²) < 4.78 is 10.9. The van der Waals surface area contributed by atoms with Crippen molar-refractivity contribution in [1.82, 2.24) is 4.90 Å². The van der Waals surface area contributed by atoms with Crippen LogP contribution in [0.4, 0.5) is 5.69 Å². The van der Waals surface area contributed by atoms with Gasteiger partial charge in [-0.3, -0.25) is 14.5 Å². The van der Waals surface area contributed by atoms with E-state index in [0.29, 0.717) is 23.6 Å². The quantitative estimate of drug-likeness (QED) is 0.705. The van der Waals surface area contributed by atoms with Crippen molar-refractivity contribution < 1.29 is 19.1 Å². The minimum Gasteiger partial charge on any atom is -0.495 e. The summed E-state index contributed by atoms with van der Waals surface area (Å²) in [5.41, 5.74) is 1.27. The zero-order chi connectivity index (χ0) is 19.4. The van der Waals surface area contributed by atoms with Crippen LogP contribution in [0, 0.1) is 0 Å². The lowest BCUT2D eigenvalue weighted by atomic mass is 10.2. The average Bonchev–Trinajstić information content (AvgIpc) is 3.25. The summed E-state index contributed by atoms with van der Waals surface area (Å²) in [5.74, 6) is -0.0776. The summed E-state index contributed by atoms with van der Waals surface area (Å²) in [5, 5.41) is 5.00. The van der Waals surface area contributed by atoms with Gasteiger partial charge in [0.05, 0.1) is 37.6 Å². The van der Waals surface area contributed by atoms with Gasteiger partial charge in [0.15, 0.2) is 0 Å². The van der Waals surface area contributed by atoms with Crippen molar-refractivity contribution in [2.45, 2.75) is 20.0 Å². The van der Waals surface area contributed by atoms with Crippen LogP contribution < -0.4 is 10.1 Å². The van der Waals surface area contributed by atoms with Crippen molar-refractivity contribution in [3.8, 4) is 5.75 Å². The van der Waals surface area contributed by atoms with Gasteiger partial charge in [-0.05, 0) is 37.4 Å². The zero-order valence-electron chi connectivity index (χ0n) is 15.5. The van der Waals surface area contributed by atoms with Gasteiger partial charge in [-0.2, -0.15) is 0 Å². The van der Waals surface area contributed by atoms with Crippen molar-refractivity contribution in [2.24, 2.45) is 0 Å². The van der Waals surface area contributed by atoms with Gasteiger partial charge in [0.1, 0.15) is 11.4 Å². The minimum absolute atomic E-state index is 0.0358. The number of anilines is 1. The van der Waals surface area contributed by atoms with Gasteiger partial charge in [-0.1, -0.05) is 18.2 Å². The maximum Gasteiger partial charge on any atom is 0.278 e. The maximum atomic E-state index is 13.0. The number of nitrogens with zero attached hydrogens (tertiary/aromatic N) is 1. The van der Waals surface area contributed by atoms with E-state index in [-0.39, 0.29) is 30.2 Å². The number of para-hydroxylation sites is 2. The number of rotatable bonds is 8. The highest BCUT2D eigenvalue weighted by molar-refractivity contribution is 7.11. The predicted octanol–water partition coefficient (Wildman–Crippen LogP) is 3.37. The summed E-state index contributed by atoms with van der Waals surface area (Å²) in [4.78, 5) is 27.9. The first-order valence-electron chi connectivity index (χ1n) is 8.69. The highest BCUT2D eigenvalue weighted by Crippen LogP contribution is 2.34. The van der Waals surface area contributed by atoms with E-state index in [9.17, 15) is 9.59 Å². The Morgan fingerprint density at radius 2 is 1.89 bits per heavy atom. The van der Waals surface area contributed by atoms with Gasteiger partial charge in [0, 0.05) is 4.88 Å². The summed E-state index contributed by atoms with van der Waals surface area (Å²) in [6.07, 6.45) is 0.0358. The lowest BCUT2D eigenvalue weighted by Crippen LogP contribution is -2.35. The molecule has 0 bridgehead atoms. The Labute approximate surface area is 162 Å². The molecule has 2 amide bonds. The third-order valence-corrected chi connectivity index (χ3v) is 4.96. The minimum atomic E-state index is -0.360. The molecule has 1 aliphatic heterocycles. The van der Waals surface area contributed by atoms with Crippen LogP contribution in [0.5, 0.6) is 5.75 Å². The van der Waals surface area contributed by atoms with Gasteiger partial charge in [0.2, 0.25) is 0 Å². The largest absolute Gasteiger partial charge is 0.495 e. The molecule has 7 heteroatoms. The van der Waals surface area contributed by atoms with Crippen LogP contribution in [-0.2, 0) is 14.3 Å². The molecule has 0 saturated heterocycles. The molecule has 142 valence electrons.